The van der Waals surface area contributed by atoms with Crippen LogP contribution in [0.4, 0.5) is 11.9 Å². The SMILES string of the molecule is CCC(C)n1ncc2c(-c3cnc(N)nc3)nc(N3CC4CCC(C3)O4)nc21. The summed E-state index contributed by atoms with van der Waals surface area (Å²) in [6, 6.07) is 0.247. The van der Waals surface area contributed by atoms with E-state index in [0.29, 0.717) is 5.95 Å². The van der Waals surface area contributed by atoms with Crippen molar-refractivity contribution in [3.8, 4) is 11.3 Å². The molecule has 2 aliphatic heterocycles. The fourth-order valence-electron chi connectivity index (χ4n) is 4.01. The fraction of sp³-hybridized carbons (Fsp3) is 0.526. The van der Waals surface area contributed by atoms with Crippen LogP contribution in [0.15, 0.2) is 18.6 Å². The molecule has 3 aromatic rings. The van der Waals surface area contributed by atoms with Gasteiger partial charge in [0.2, 0.25) is 11.9 Å². The summed E-state index contributed by atoms with van der Waals surface area (Å²) in [5.41, 5.74) is 8.10. The molecule has 0 amide bonds. The predicted molar refractivity (Wildman–Crippen MR) is 106 cm³/mol. The minimum Gasteiger partial charge on any atom is -0.371 e. The molecule has 9 nitrogen and oxygen atoms in total. The number of morpholine rings is 1. The Bertz CT molecular complexity index is 989. The Morgan fingerprint density at radius 1 is 1.14 bits per heavy atom. The maximum atomic E-state index is 5.98. The van der Waals surface area contributed by atoms with Crippen molar-refractivity contribution in [3.05, 3.63) is 18.6 Å². The van der Waals surface area contributed by atoms with Gasteiger partial charge in [0.05, 0.1) is 35.5 Å². The van der Waals surface area contributed by atoms with Crippen LogP contribution in [0.1, 0.15) is 39.2 Å². The van der Waals surface area contributed by atoms with Crippen LogP contribution in [0.25, 0.3) is 22.3 Å². The zero-order chi connectivity index (χ0) is 19.3. The van der Waals surface area contributed by atoms with Gasteiger partial charge in [-0.25, -0.2) is 19.6 Å². The molecule has 0 aromatic carbocycles. The lowest BCUT2D eigenvalue weighted by Gasteiger charge is -2.32. The third kappa shape index (κ3) is 2.86. The molecule has 5 rings (SSSR count). The molecule has 3 unspecified atom stereocenters. The standard InChI is InChI=1S/C19H24N8O/c1-3-11(2)27-17-15(8-23-27)16(12-6-21-18(20)22-7-12)24-19(25-17)26-9-13-4-5-14(10-26)28-13/h6-8,11,13-14H,3-5,9-10H2,1-2H3,(H2,20,21,22). The molecule has 2 fully saturated rings. The van der Waals surface area contributed by atoms with E-state index in [2.05, 4.69) is 33.8 Å². The van der Waals surface area contributed by atoms with E-state index < -0.39 is 0 Å². The lowest BCUT2D eigenvalue weighted by atomic mass is 10.2. The summed E-state index contributed by atoms with van der Waals surface area (Å²) in [6.45, 7) is 5.93. The summed E-state index contributed by atoms with van der Waals surface area (Å²) in [7, 11) is 0. The van der Waals surface area contributed by atoms with Crippen LogP contribution in [0, 0.1) is 0 Å². The van der Waals surface area contributed by atoms with E-state index in [-0.39, 0.29) is 24.2 Å². The zero-order valence-electron chi connectivity index (χ0n) is 16.1. The van der Waals surface area contributed by atoms with E-state index in [9.17, 15) is 0 Å². The molecular formula is C19H24N8O. The number of ether oxygens (including phenoxy) is 1. The highest BCUT2D eigenvalue weighted by molar-refractivity contribution is 5.91. The van der Waals surface area contributed by atoms with E-state index in [1.165, 1.54) is 0 Å². The van der Waals surface area contributed by atoms with Crippen molar-refractivity contribution in [2.24, 2.45) is 0 Å². The van der Waals surface area contributed by atoms with Gasteiger partial charge in [-0.2, -0.15) is 10.1 Å². The Labute approximate surface area is 163 Å². The van der Waals surface area contributed by atoms with Crippen molar-refractivity contribution in [2.45, 2.75) is 51.4 Å². The van der Waals surface area contributed by atoms with Crippen LogP contribution in [0.2, 0.25) is 0 Å². The second-order valence-corrected chi connectivity index (χ2v) is 7.65. The second kappa shape index (κ2) is 6.66. The number of nitrogens with two attached hydrogens (primary N) is 1. The Balaban J connectivity index is 1.66. The number of anilines is 2. The third-order valence-corrected chi connectivity index (χ3v) is 5.72. The molecule has 9 heteroatoms. The van der Waals surface area contributed by atoms with Crippen LogP contribution < -0.4 is 10.6 Å². The number of rotatable bonds is 4. The van der Waals surface area contributed by atoms with Gasteiger partial charge in [0, 0.05) is 31.0 Å². The summed E-state index contributed by atoms with van der Waals surface area (Å²) in [5, 5.41) is 5.50. The molecule has 0 radical (unpaired) electrons. The summed E-state index contributed by atoms with van der Waals surface area (Å²) in [4.78, 5) is 20.3. The van der Waals surface area contributed by atoms with E-state index >= 15 is 0 Å². The lowest BCUT2D eigenvalue weighted by Crippen LogP contribution is -2.43. The van der Waals surface area contributed by atoms with Gasteiger partial charge in [-0.1, -0.05) is 6.92 Å². The Hall–Kier alpha value is -2.81. The molecule has 28 heavy (non-hydrogen) atoms. The van der Waals surface area contributed by atoms with E-state index in [1.54, 1.807) is 12.4 Å². The van der Waals surface area contributed by atoms with Gasteiger partial charge >= 0.3 is 0 Å². The highest BCUT2D eigenvalue weighted by Gasteiger charge is 2.35. The second-order valence-electron chi connectivity index (χ2n) is 7.65. The molecule has 0 spiro atoms. The molecule has 3 aromatic heterocycles. The van der Waals surface area contributed by atoms with E-state index in [1.807, 2.05) is 10.9 Å². The zero-order valence-corrected chi connectivity index (χ0v) is 16.1. The van der Waals surface area contributed by atoms with Crippen molar-refractivity contribution >= 4 is 22.9 Å². The van der Waals surface area contributed by atoms with E-state index in [4.69, 9.17) is 20.4 Å². The van der Waals surface area contributed by atoms with Crippen LogP contribution in [-0.2, 0) is 4.74 Å². The predicted octanol–water partition coefficient (Wildman–Crippen LogP) is 2.20. The van der Waals surface area contributed by atoms with Gasteiger partial charge < -0.3 is 15.4 Å². The quantitative estimate of drug-likeness (QED) is 0.734. The van der Waals surface area contributed by atoms with E-state index in [0.717, 1.165) is 54.6 Å². The highest BCUT2D eigenvalue weighted by atomic mass is 16.5. The molecule has 146 valence electrons. The number of fused-ring (bicyclic) bond motifs is 3. The molecule has 2 aliphatic rings. The van der Waals surface area contributed by atoms with Crippen LogP contribution in [0.5, 0.6) is 0 Å². The average molecular weight is 380 g/mol. The molecule has 2 bridgehead atoms. The summed E-state index contributed by atoms with van der Waals surface area (Å²) < 4.78 is 7.96. The average Bonchev–Trinajstić information content (AvgIpc) is 3.29. The van der Waals surface area contributed by atoms with Crippen LogP contribution in [-0.4, -0.2) is 55.0 Å². The fourth-order valence-corrected chi connectivity index (χ4v) is 4.01. The minimum absolute atomic E-state index is 0.245. The molecule has 3 atom stereocenters. The van der Waals surface area contributed by atoms with Crippen LogP contribution in [0.3, 0.4) is 0 Å². The summed E-state index contributed by atoms with van der Waals surface area (Å²) in [5.74, 6) is 0.957. The topological polar surface area (TPSA) is 108 Å². The van der Waals surface area contributed by atoms with Gasteiger partial charge in [-0.15, -0.1) is 0 Å². The van der Waals surface area contributed by atoms with Gasteiger partial charge in [-0.3, -0.25) is 0 Å². The van der Waals surface area contributed by atoms with Crippen molar-refractivity contribution in [1.82, 2.24) is 29.7 Å². The highest BCUT2D eigenvalue weighted by Crippen LogP contribution is 2.32. The Kier molecular flexibility index (Phi) is 4.12. The molecule has 5 heterocycles. The molecule has 2 N–H and O–H groups in total. The van der Waals surface area contributed by atoms with Gasteiger partial charge in [0.15, 0.2) is 5.65 Å². The number of nitrogens with zero attached hydrogens (tertiary/aromatic N) is 7. The molecular weight excluding hydrogens is 356 g/mol. The monoisotopic (exact) mass is 380 g/mol. The molecule has 2 saturated heterocycles. The first-order valence-corrected chi connectivity index (χ1v) is 9.86. The van der Waals surface area contributed by atoms with Crippen LogP contribution >= 0.6 is 0 Å². The molecule has 0 saturated carbocycles. The third-order valence-electron chi connectivity index (χ3n) is 5.72. The minimum atomic E-state index is 0.245. The Morgan fingerprint density at radius 3 is 2.54 bits per heavy atom. The van der Waals surface area contributed by atoms with Gasteiger partial charge in [-0.05, 0) is 26.2 Å². The maximum absolute atomic E-state index is 5.98. The van der Waals surface area contributed by atoms with Gasteiger partial charge in [0.25, 0.3) is 0 Å². The summed E-state index contributed by atoms with van der Waals surface area (Å²) >= 11 is 0. The van der Waals surface area contributed by atoms with Crippen molar-refractivity contribution in [2.75, 3.05) is 23.7 Å². The van der Waals surface area contributed by atoms with Gasteiger partial charge in [0.1, 0.15) is 0 Å². The summed E-state index contributed by atoms with van der Waals surface area (Å²) in [6.07, 6.45) is 8.95. The first-order valence-electron chi connectivity index (χ1n) is 9.86. The normalized spacial score (nSPS) is 22.7. The van der Waals surface area contributed by atoms with Crippen molar-refractivity contribution in [3.63, 3.8) is 0 Å². The number of hydrogen-bond acceptors (Lipinski definition) is 8. The maximum Gasteiger partial charge on any atom is 0.228 e. The molecule has 0 aliphatic carbocycles. The number of nitrogen functional groups attached to an aromatic ring is 1. The Morgan fingerprint density at radius 2 is 1.86 bits per heavy atom. The largest absolute Gasteiger partial charge is 0.371 e. The first kappa shape index (κ1) is 17.3. The van der Waals surface area contributed by atoms with Crippen molar-refractivity contribution in [1.29, 1.82) is 0 Å². The lowest BCUT2D eigenvalue weighted by molar-refractivity contribution is 0.0299. The number of aromatic nitrogens is 6. The first-order chi connectivity index (χ1) is 13.6. The van der Waals surface area contributed by atoms with Crippen molar-refractivity contribution < 1.29 is 4.74 Å². The smallest absolute Gasteiger partial charge is 0.228 e. The number of hydrogen-bond donors (Lipinski definition) is 1.